The topological polar surface area (TPSA) is 81.9 Å². The first-order chi connectivity index (χ1) is 11.9. The van der Waals surface area contributed by atoms with Crippen LogP contribution in [0.5, 0.6) is 0 Å². The predicted molar refractivity (Wildman–Crippen MR) is 96.9 cm³/mol. The molecule has 6 nitrogen and oxygen atoms in total. The normalized spacial score (nSPS) is 12.9. The molecule has 3 aromatic rings. The summed E-state index contributed by atoms with van der Waals surface area (Å²) in [6.45, 7) is 1.88. The Morgan fingerprint density at radius 3 is 2.36 bits per heavy atom. The predicted octanol–water partition coefficient (Wildman–Crippen LogP) is 2.47. The lowest BCUT2D eigenvalue weighted by Crippen LogP contribution is -2.02. The van der Waals surface area contributed by atoms with Crippen molar-refractivity contribution >= 4 is 20.6 Å². The van der Waals surface area contributed by atoms with Crippen LogP contribution in [0.15, 0.2) is 64.9 Å². The lowest BCUT2D eigenvalue weighted by molar-refractivity contribution is 0.601. The molecule has 1 unspecified atom stereocenters. The summed E-state index contributed by atoms with van der Waals surface area (Å²) in [4.78, 5) is 9.35. The smallest absolute Gasteiger partial charge is 0.177 e. The highest BCUT2D eigenvalue weighted by molar-refractivity contribution is 7.90. The van der Waals surface area contributed by atoms with E-state index in [0.717, 1.165) is 22.4 Å². The molecular formula is C17H17N3O3S2. The van der Waals surface area contributed by atoms with Gasteiger partial charge in [0, 0.05) is 28.7 Å². The molecule has 0 fully saturated rings. The summed E-state index contributed by atoms with van der Waals surface area (Å²) in [6.07, 6.45) is 5.81. The van der Waals surface area contributed by atoms with Gasteiger partial charge in [-0.1, -0.05) is 19.1 Å². The van der Waals surface area contributed by atoms with Gasteiger partial charge in [-0.3, -0.25) is 8.78 Å². The van der Waals surface area contributed by atoms with E-state index >= 15 is 0 Å². The standard InChI is InChI=1S/C17H17N3O3S2/c1-3-24(21)14-6-4-13(5-7-14)16-11-18-12-20(16)17-9-8-15(10-19-17)25(2,22)23/h4-12H,3H2,1-2H3. The summed E-state index contributed by atoms with van der Waals surface area (Å²) >= 11 is 0. The second-order valence-electron chi connectivity index (χ2n) is 5.43. The van der Waals surface area contributed by atoms with E-state index in [9.17, 15) is 12.6 Å². The van der Waals surface area contributed by atoms with Gasteiger partial charge in [-0.2, -0.15) is 0 Å². The molecule has 2 aromatic heterocycles. The van der Waals surface area contributed by atoms with Crippen LogP contribution in [0.25, 0.3) is 17.1 Å². The van der Waals surface area contributed by atoms with E-state index in [0.29, 0.717) is 11.6 Å². The van der Waals surface area contributed by atoms with Gasteiger partial charge in [0.2, 0.25) is 0 Å². The van der Waals surface area contributed by atoms with Gasteiger partial charge in [0.15, 0.2) is 9.84 Å². The van der Waals surface area contributed by atoms with Crippen LogP contribution in [-0.4, -0.2) is 39.2 Å². The lowest BCUT2D eigenvalue weighted by atomic mass is 10.2. The minimum absolute atomic E-state index is 0.171. The molecular weight excluding hydrogens is 358 g/mol. The number of sulfone groups is 1. The molecule has 0 radical (unpaired) electrons. The fourth-order valence-electron chi connectivity index (χ4n) is 2.37. The molecule has 0 aliphatic heterocycles. The van der Waals surface area contributed by atoms with Crippen LogP contribution >= 0.6 is 0 Å². The maximum atomic E-state index is 11.8. The van der Waals surface area contributed by atoms with Crippen molar-refractivity contribution in [3.05, 3.63) is 55.1 Å². The fourth-order valence-corrected chi connectivity index (χ4v) is 3.70. The quantitative estimate of drug-likeness (QED) is 0.684. The number of hydrogen-bond donors (Lipinski definition) is 0. The summed E-state index contributed by atoms with van der Waals surface area (Å²) < 4.78 is 36.7. The highest BCUT2D eigenvalue weighted by Gasteiger charge is 2.11. The van der Waals surface area contributed by atoms with Gasteiger partial charge in [0.1, 0.15) is 12.1 Å². The van der Waals surface area contributed by atoms with Gasteiger partial charge in [-0.15, -0.1) is 0 Å². The molecule has 1 aromatic carbocycles. The SMILES string of the molecule is CCS(=O)c1ccc(-c2cncn2-c2ccc(S(C)(=O)=O)cn2)cc1. The van der Waals surface area contributed by atoms with Crippen molar-refractivity contribution in [3.63, 3.8) is 0 Å². The van der Waals surface area contributed by atoms with Crippen LogP contribution in [0.4, 0.5) is 0 Å². The Labute approximate surface area is 148 Å². The maximum absolute atomic E-state index is 11.8. The Morgan fingerprint density at radius 2 is 1.80 bits per heavy atom. The van der Waals surface area contributed by atoms with Gasteiger partial charge in [0.05, 0.1) is 27.6 Å². The summed E-state index contributed by atoms with van der Waals surface area (Å²) in [5, 5.41) is 0. The third kappa shape index (κ3) is 3.69. The van der Waals surface area contributed by atoms with Gasteiger partial charge in [0.25, 0.3) is 0 Å². The zero-order chi connectivity index (χ0) is 18.0. The maximum Gasteiger partial charge on any atom is 0.177 e. The Bertz CT molecular complexity index is 1010. The van der Waals surface area contributed by atoms with E-state index < -0.39 is 20.6 Å². The fraction of sp³-hybridized carbons (Fsp3) is 0.176. The van der Waals surface area contributed by atoms with Crippen molar-refractivity contribution in [1.82, 2.24) is 14.5 Å². The Balaban J connectivity index is 1.97. The molecule has 0 N–H and O–H groups in total. The van der Waals surface area contributed by atoms with Crippen molar-refractivity contribution in [2.75, 3.05) is 12.0 Å². The molecule has 1 atom stereocenters. The van der Waals surface area contributed by atoms with Gasteiger partial charge in [-0.25, -0.2) is 18.4 Å². The Kier molecular flexibility index (Phi) is 4.82. The largest absolute Gasteiger partial charge is 0.283 e. The van der Waals surface area contributed by atoms with Crippen LogP contribution in [0, 0.1) is 0 Å². The number of pyridine rings is 1. The first-order valence-electron chi connectivity index (χ1n) is 7.58. The molecule has 130 valence electrons. The minimum Gasteiger partial charge on any atom is -0.283 e. The van der Waals surface area contributed by atoms with E-state index in [2.05, 4.69) is 9.97 Å². The van der Waals surface area contributed by atoms with Gasteiger partial charge < -0.3 is 0 Å². The van der Waals surface area contributed by atoms with Crippen LogP contribution in [0.1, 0.15) is 6.92 Å². The number of imidazole rings is 1. The molecule has 0 bridgehead atoms. The number of rotatable bonds is 5. The van der Waals surface area contributed by atoms with Crippen LogP contribution in [0.2, 0.25) is 0 Å². The molecule has 0 saturated heterocycles. The second kappa shape index (κ2) is 6.89. The third-order valence-electron chi connectivity index (χ3n) is 3.71. The first-order valence-corrected chi connectivity index (χ1v) is 10.8. The number of benzene rings is 1. The highest BCUT2D eigenvalue weighted by atomic mass is 32.2. The highest BCUT2D eigenvalue weighted by Crippen LogP contribution is 2.23. The van der Waals surface area contributed by atoms with Crippen LogP contribution in [-0.2, 0) is 20.6 Å². The molecule has 0 aliphatic rings. The van der Waals surface area contributed by atoms with Crippen molar-refractivity contribution in [1.29, 1.82) is 0 Å². The Hall–Kier alpha value is -2.32. The zero-order valence-electron chi connectivity index (χ0n) is 13.8. The van der Waals surface area contributed by atoms with E-state index in [1.54, 1.807) is 23.2 Å². The second-order valence-corrected chi connectivity index (χ2v) is 9.19. The van der Waals surface area contributed by atoms with Crippen LogP contribution in [0.3, 0.4) is 0 Å². The van der Waals surface area contributed by atoms with Crippen molar-refractivity contribution in [2.24, 2.45) is 0 Å². The summed E-state index contributed by atoms with van der Waals surface area (Å²) in [6, 6.07) is 10.6. The summed E-state index contributed by atoms with van der Waals surface area (Å²) in [7, 11) is -4.27. The molecule has 2 heterocycles. The third-order valence-corrected chi connectivity index (χ3v) is 6.13. The molecule has 0 aliphatic carbocycles. The number of hydrogen-bond acceptors (Lipinski definition) is 5. The van der Waals surface area contributed by atoms with E-state index in [4.69, 9.17) is 0 Å². The molecule has 0 saturated carbocycles. The van der Waals surface area contributed by atoms with Crippen LogP contribution < -0.4 is 0 Å². The van der Waals surface area contributed by atoms with Crippen molar-refractivity contribution < 1.29 is 12.6 Å². The summed E-state index contributed by atoms with van der Waals surface area (Å²) in [5.41, 5.74) is 1.72. The van der Waals surface area contributed by atoms with Crippen molar-refractivity contribution in [3.8, 4) is 17.1 Å². The average molecular weight is 375 g/mol. The Morgan fingerprint density at radius 1 is 1.08 bits per heavy atom. The average Bonchev–Trinajstić information content (AvgIpc) is 3.10. The monoisotopic (exact) mass is 375 g/mol. The molecule has 0 amide bonds. The summed E-state index contributed by atoms with van der Waals surface area (Å²) in [5.74, 6) is 1.15. The van der Waals surface area contributed by atoms with Crippen molar-refractivity contribution in [2.45, 2.75) is 16.7 Å². The molecule has 0 spiro atoms. The molecule has 3 rings (SSSR count). The molecule has 25 heavy (non-hydrogen) atoms. The lowest BCUT2D eigenvalue weighted by Gasteiger charge is -2.09. The van der Waals surface area contributed by atoms with E-state index in [1.807, 2.05) is 31.2 Å². The minimum atomic E-state index is -3.28. The first kappa shape index (κ1) is 17.5. The van der Waals surface area contributed by atoms with E-state index in [-0.39, 0.29) is 4.90 Å². The van der Waals surface area contributed by atoms with Gasteiger partial charge in [-0.05, 0) is 24.3 Å². The number of nitrogens with zero attached hydrogens (tertiary/aromatic N) is 3. The number of aromatic nitrogens is 3. The van der Waals surface area contributed by atoms with E-state index in [1.165, 1.54) is 12.3 Å². The van der Waals surface area contributed by atoms with Gasteiger partial charge >= 0.3 is 0 Å². The molecule has 8 heteroatoms. The zero-order valence-corrected chi connectivity index (χ0v) is 15.4.